The summed E-state index contributed by atoms with van der Waals surface area (Å²) in [4.78, 5) is 33.8. The van der Waals surface area contributed by atoms with Gasteiger partial charge in [0.15, 0.2) is 11.5 Å². The highest BCUT2D eigenvalue weighted by Gasteiger charge is 2.30. The first-order valence-corrected chi connectivity index (χ1v) is 10.5. The van der Waals surface area contributed by atoms with Gasteiger partial charge in [-0.1, -0.05) is 6.07 Å². The third kappa shape index (κ3) is 4.40. The zero-order chi connectivity index (χ0) is 21.8. The van der Waals surface area contributed by atoms with Crippen LogP contribution in [0.4, 0.5) is 0 Å². The minimum absolute atomic E-state index is 0.00623. The van der Waals surface area contributed by atoms with Crippen LogP contribution < -0.4 is 9.47 Å². The topological polar surface area (TPSA) is 72.0 Å². The van der Waals surface area contributed by atoms with Gasteiger partial charge >= 0.3 is 0 Å². The molecule has 0 unspecified atom stereocenters. The van der Waals surface area contributed by atoms with Gasteiger partial charge in [0.05, 0.1) is 26.7 Å². The van der Waals surface area contributed by atoms with Crippen LogP contribution in [0.2, 0.25) is 0 Å². The molecule has 2 amide bonds. The van der Waals surface area contributed by atoms with Gasteiger partial charge in [0, 0.05) is 25.1 Å². The number of methoxy groups -OCH3 is 2. The molecule has 31 heavy (non-hydrogen) atoms. The lowest BCUT2D eigenvalue weighted by atomic mass is 9.96. The van der Waals surface area contributed by atoms with Gasteiger partial charge in [-0.2, -0.15) is 0 Å². The average Bonchev–Trinajstić information content (AvgIpc) is 2.96. The fourth-order valence-electron chi connectivity index (χ4n) is 4.29. The smallest absolute Gasteiger partial charge is 0.243 e. The van der Waals surface area contributed by atoms with E-state index in [1.54, 1.807) is 26.6 Å². The maximum atomic E-state index is 13.2. The Bertz CT molecular complexity index is 990. The third-order valence-electron chi connectivity index (χ3n) is 5.94. The second kappa shape index (κ2) is 9.20. The molecule has 1 aromatic heterocycles. The number of pyridine rings is 1. The van der Waals surface area contributed by atoms with E-state index in [-0.39, 0.29) is 30.8 Å². The van der Waals surface area contributed by atoms with Crippen LogP contribution in [-0.4, -0.2) is 53.9 Å². The van der Waals surface area contributed by atoms with Crippen molar-refractivity contribution in [2.24, 2.45) is 0 Å². The van der Waals surface area contributed by atoms with Gasteiger partial charge in [-0.25, -0.2) is 0 Å². The number of fused-ring (bicyclic) bond motifs is 1. The Kier molecular flexibility index (Phi) is 6.21. The molecule has 7 heteroatoms. The minimum Gasteiger partial charge on any atom is -0.493 e. The Morgan fingerprint density at radius 3 is 2.74 bits per heavy atom. The zero-order valence-electron chi connectivity index (χ0n) is 17.9. The van der Waals surface area contributed by atoms with Crippen molar-refractivity contribution in [3.8, 4) is 11.5 Å². The molecule has 3 heterocycles. The highest BCUT2D eigenvalue weighted by molar-refractivity contribution is 5.89. The molecular formula is C24H27N3O4. The maximum Gasteiger partial charge on any atom is 0.243 e. The summed E-state index contributed by atoms with van der Waals surface area (Å²) in [5.74, 6) is 1.02. The largest absolute Gasteiger partial charge is 0.493 e. The van der Waals surface area contributed by atoms with Crippen molar-refractivity contribution in [2.45, 2.75) is 31.7 Å². The molecule has 7 nitrogen and oxygen atoms in total. The first-order chi connectivity index (χ1) is 15.1. The van der Waals surface area contributed by atoms with Gasteiger partial charge < -0.3 is 19.3 Å². The van der Waals surface area contributed by atoms with E-state index in [1.807, 2.05) is 41.4 Å². The number of aromatic nitrogens is 1. The van der Waals surface area contributed by atoms with Crippen LogP contribution in [0.5, 0.6) is 11.5 Å². The van der Waals surface area contributed by atoms with Gasteiger partial charge in [0.25, 0.3) is 0 Å². The van der Waals surface area contributed by atoms with E-state index in [4.69, 9.17) is 9.47 Å². The molecule has 2 aliphatic rings. The van der Waals surface area contributed by atoms with Crippen molar-refractivity contribution < 1.29 is 19.1 Å². The predicted octanol–water partition coefficient (Wildman–Crippen LogP) is 3.21. The van der Waals surface area contributed by atoms with Crippen LogP contribution in [-0.2, 0) is 16.0 Å². The molecule has 1 saturated heterocycles. The van der Waals surface area contributed by atoms with Gasteiger partial charge in [-0.3, -0.25) is 14.6 Å². The fraction of sp³-hybridized carbons (Fsp3) is 0.375. The van der Waals surface area contributed by atoms with Crippen LogP contribution in [0.15, 0.2) is 42.9 Å². The molecule has 0 radical (unpaired) electrons. The predicted molar refractivity (Wildman–Crippen MR) is 117 cm³/mol. The van der Waals surface area contributed by atoms with Crippen LogP contribution in [0, 0.1) is 0 Å². The highest BCUT2D eigenvalue weighted by atomic mass is 16.5. The lowest BCUT2D eigenvalue weighted by Crippen LogP contribution is -2.44. The molecule has 0 spiro atoms. The van der Waals surface area contributed by atoms with E-state index in [9.17, 15) is 9.59 Å². The second-order valence-electron chi connectivity index (χ2n) is 7.81. The molecule has 1 atom stereocenters. The maximum absolute atomic E-state index is 13.2. The van der Waals surface area contributed by atoms with Crippen molar-refractivity contribution in [3.63, 3.8) is 0 Å². The first kappa shape index (κ1) is 20.9. The quantitative estimate of drug-likeness (QED) is 0.741. The summed E-state index contributed by atoms with van der Waals surface area (Å²) in [5.41, 5.74) is 2.77. The summed E-state index contributed by atoms with van der Waals surface area (Å²) in [7, 11) is 3.15. The molecule has 0 N–H and O–H groups in total. The van der Waals surface area contributed by atoms with Crippen LogP contribution >= 0.6 is 0 Å². The lowest BCUT2D eigenvalue weighted by molar-refractivity contribution is -0.140. The summed E-state index contributed by atoms with van der Waals surface area (Å²) in [6.07, 6.45) is 10.3. The van der Waals surface area contributed by atoms with Crippen LogP contribution in [0.3, 0.4) is 0 Å². The number of carbonyl (C=O) groups excluding carboxylic acids is 2. The standard InChI is InChI=1S/C24H27N3O4/c1-30-21-12-17-8-11-26(23(28)14-19(17)13-22(21)31-2)16-24(29)27-10-4-3-7-20(27)18-6-5-9-25-15-18/h5-6,8-9,11-13,15,20H,3-4,7,10,14,16H2,1-2H3/t20-/m1/s1. The lowest BCUT2D eigenvalue weighted by Gasteiger charge is -2.36. The van der Waals surface area contributed by atoms with E-state index >= 15 is 0 Å². The van der Waals surface area contributed by atoms with E-state index in [1.165, 1.54) is 4.90 Å². The number of hydrogen-bond acceptors (Lipinski definition) is 5. The SMILES string of the molecule is COc1cc2c(cc1OC)CC(=O)N(CC(=O)N1CCCC[C@@H]1c1cccnc1)C=C2. The number of carbonyl (C=O) groups is 2. The summed E-state index contributed by atoms with van der Waals surface area (Å²) in [6.45, 7) is 0.715. The minimum atomic E-state index is -0.120. The van der Waals surface area contributed by atoms with Gasteiger partial charge in [0.1, 0.15) is 6.54 Å². The zero-order valence-corrected chi connectivity index (χ0v) is 17.9. The summed E-state index contributed by atoms with van der Waals surface area (Å²) in [6, 6.07) is 7.59. The molecular weight excluding hydrogens is 394 g/mol. The number of nitrogens with zero attached hydrogens (tertiary/aromatic N) is 3. The second-order valence-corrected chi connectivity index (χ2v) is 7.81. The van der Waals surface area contributed by atoms with E-state index in [0.717, 1.165) is 36.0 Å². The number of ether oxygens (including phenoxy) is 2. The van der Waals surface area contributed by atoms with E-state index in [0.29, 0.717) is 18.0 Å². The summed E-state index contributed by atoms with van der Waals surface area (Å²) in [5, 5.41) is 0. The Labute approximate surface area is 182 Å². The van der Waals surface area contributed by atoms with Crippen molar-refractivity contribution in [2.75, 3.05) is 27.3 Å². The van der Waals surface area contributed by atoms with Gasteiger partial charge in [-0.05, 0) is 60.2 Å². The average molecular weight is 421 g/mol. The Morgan fingerprint density at radius 2 is 2.00 bits per heavy atom. The number of rotatable bonds is 5. The normalized spacial score (nSPS) is 18.4. The Morgan fingerprint density at radius 1 is 1.19 bits per heavy atom. The van der Waals surface area contributed by atoms with Crippen LogP contribution in [0.1, 0.15) is 42.0 Å². The number of piperidine rings is 1. The molecule has 4 rings (SSSR count). The first-order valence-electron chi connectivity index (χ1n) is 10.5. The van der Waals surface area contributed by atoms with Crippen molar-refractivity contribution >= 4 is 17.9 Å². The highest BCUT2D eigenvalue weighted by Crippen LogP contribution is 2.33. The number of amides is 2. The molecule has 1 fully saturated rings. The van der Waals surface area contributed by atoms with Gasteiger partial charge in [-0.15, -0.1) is 0 Å². The molecule has 0 bridgehead atoms. The monoisotopic (exact) mass is 421 g/mol. The molecule has 1 aromatic carbocycles. The molecule has 0 saturated carbocycles. The molecule has 2 aromatic rings. The molecule has 162 valence electrons. The Hall–Kier alpha value is -3.35. The fourth-order valence-corrected chi connectivity index (χ4v) is 4.29. The van der Waals surface area contributed by atoms with Gasteiger partial charge in [0.2, 0.25) is 11.8 Å². The number of benzene rings is 1. The molecule has 2 aliphatic heterocycles. The summed E-state index contributed by atoms with van der Waals surface area (Å²) >= 11 is 0. The van der Waals surface area contributed by atoms with Crippen LogP contribution in [0.25, 0.3) is 6.08 Å². The van der Waals surface area contributed by atoms with Crippen molar-refractivity contribution in [1.82, 2.24) is 14.8 Å². The summed E-state index contributed by atoms with van der Waals surface area (Å²) < 4.78 is 10.7. The van der Waals surface area contributed by atoms with Crippen molar-refractivity contribution in [1.29, 1.82) is 0 Å². The van der Waals surface area contributed by atoms with Crippen molar-refractivity contribution in [3.05, 3.63) is 59.5 Å². The Balaban J connectivity index is 1.52. The third-order valence-corrected chi connectivity index (χ3v) is 5.94. The number of likely N-dealkylation sites (tertiary alicyclic amines) is 1. The van der Waals surface area contributed by atoms with E-state index in [2.05, 4.69) is 4.98 Å². The van der Waals surface area contributed by atoms with E-state index < -0.39 is 0 Å². The number of hydrogen-bond donors (Lipinski definition) is 0. The molecule has 0 aliphatic carbocycles.